The van der Waals surface area contributed by atoms with Gasteiger partial charge in [-0.3, -0.25) is 4.79 Å². The van der Waals surface area contributed by atoms with Crippen molar-refractivity contribution in [3.63, 3.8) is 0 Å². The third-order valence-electron chi connectivity index (χ3n) is 8.94. The molecule has 2 aromatic rings. The lowest BCUT2D eigenvalue weighted by atomic mass is 9.99. The average molecular weight is 579 g/mol. The van der Waals surface area contributed by atoms with E-state index in [2.05, 4.69) is 51.9 Å². The maximum Gasteiger partial charge on any atom is 0.220 e. The smallest absolute Gasteiger partial charge is 0.220 e. The van der Waals surface area contributed by atoms with E-state index in [1.807, 2.05) is 12.2 Å². The molecule has 5 atom stereocenters. The number of nitrogens with one attached hydrogen (secondary N) is 2. The molecule has 6 rings (SSSR count). The van der Waals surface area contributed by atoms with Gasteiger partial charge < -0.3 is 30.3 Å². The van der Waals surface area contributed by atoms with Crippen molar-refractivity contribution in [3.05, 3.63) is 88.6 Å². The van der Waals surface area contributed by atoms with Gasteiger partial charge in [-0.15, -0.1) is 0 Å². The van der Waals surface area contributed by atoms with Gasteiger partial charge in [0.05, 0.1) is 24.9 Å². The van der Waals surface area contributed by atoms with Crippen molar-refractivity contribution >= 4 is 11.6 Å². The largest absolute Gasteiger partial charge is 0.390 e. The van der Waals surface area contributed by atoms with E-state index in [4.69, 9.17) is 4.74 Å². The molecular weight excluding hydrogens is 538 g/mol. The molecule has 1 amide bonds. The molecule has 42 heavy (non-hydrogen) atoms. The molecule has 3 heterocycles. The SMILES string of the molecule is CN1C=C2CN(c3ccc4c(c3)[C@@H]3C[C@H]4OCC=CCCCC(=O)N[C@@H](Cc4cc(F)cc(F)c4)[C@H](O)CN3)CC2C1. The number of halogens is 2. The first kappa shape index (κ1) is 28.8. The van der Waals surface area contributed by atoms with Gasteiger partial charge in [0.1, 0.15) is 11.6 Å². The quantitative estimate of drug-likeness (QED) is 0.476. The Morgan fingerprint density at radius 2 is 1.90 bits per heavy atom. The van der Waals surface area contributed by atoms with E-state index in [1.54, 1.807) is 0 Å². The van der Waals surface area contributed by atoms with Gasteiger partial charge in [0.15, 0.2) is 0 Å². The van der Waals surface area contributed by atoms with Crippen LogP contribution in [0.25, 0.3) is 0 Å². The van der Waals surface area contributed by atoms with Crippen molar-refractivity contribution in [2.24, 2.45) is 5.92 Å². The monoisotopic (exact) mass is 578 g/mol. The number of carbonyl (C=O) groups is 1. The first-order valence-corrected chi connectivity index (χ1v) is 15.0. The topological polar surface area (TPSA) is 77.1 Å². The lowest BCUT2D eigenvalue weighted by Crippen LogP contribution is -2.49. The number of benzene rings is 2. The van der Waals surface area contributed by atoms with Gasteiger partial charge in [0.2, 0.25) is 5.91 Å². The van der Waals surface area contributed by atoms with Crippen molar-refractivity contribution in [1.29, 1.82) is 0 Å². The number of carbonyl (C=O) groups excluding carboxylic acids is 1. The molecule has 0 saturated carbocycles. The predicted molar refractivity (Wildman–Crippen MR) is 158 cm³/mol. The van der Waals surface area contributed by atoms with Crippen LogP contribution in [0.1, 0.15) is 54.5 Å². The van der Waals surface area contributed by atoms with Crippen LogP contribution < -0.4 is 15.5 Å². The number of amides is 1. The Kier molecular flexibility index (Phi) is 8.60. The van der Waals surface area contributed by atoms with E-state index in [-0.39, 0.29) is 31.0 Å². The van der Waals surface area contributed by atoms with Gasteiger partial charge in [-0.1, -0.05) is 18.2 Å². The Morgan fingerprint density at radius 3 is 2.71 bits per heavy atom. The number of ether oxygens (including phenoxy) is 1. The third kappa shape index (κ3) is 6.53. The minimum absolute atomic E-state index is 0.0492. The second-order valence-electron chi connectivity index (χ2n) is 12.1. The number of rotatable bonds is 3. The minimum atomic E-state index is -0.971. The number of hydrogen-bond donors (Lipinski definition) is 3. The molecular formula is C33H40F2N4O3. The summed E-state index contributed by atoms with van der Waals surface area (Å²) in [6.45, 7) is 3.68. The third-order valence-corrected chi connectivity index (χ3v) is 8.94. The number of aliphatic hydroxyl groups excluding tert-OH is 1. The summed E-state index contributed by atoms with van der Waals surface area (Å²) in [6, 6.07) is 9.19. The van der Waals surface area contributed by atoms with Crippen LogP contribution in [0.3, 0.4) is 0 Å². The molecule has 1 aliphatic carbocycles. The number of nitrogens with zero attached hydrogens (tertiary/aromatic N) is 2. The van der Waals surface area contributed by atoms with E-state index in [1.165, 1.54) is 23.4 Å². The highest BCUT2D eigenvalue weighted by atomic mass is 19.1. The summed E-state index contributed by atoms with van der Waals surface area (Å²) in [6.07, 6.45) is 7.79. The second kappa shape index (κ2) is 12.5. The summed E-state index contributed by atoms with van der Waals surface area (Å²) in [5.41, 5.74) is 5.36. The predicted octanol–water partition coefficient (Wildman–Crippen LogP) is 4.15. The second-order valence-corrected chi connectivity index (χ2v) is 12.1. The zero-order chi connectivity index (χ0) is 29.2. The van der Waals surface area contributed by atoms with Gasteiger partial charge in [-0.2, -0.15) is 0 Å². The van der Waals surface area contributed by atoms with Crippen LogP contribution in [-0.2, 0) is 16.0 Å². The molecule has 9 heteroatoms. The highest BCUT2D eigenvalue weighted by molar-refractivity contribution is 5.76. The zero-order valence-corrected chi connectivity index (χ0v) is 24.1. The Hall–Kier alpha value is -3.27. The highest BCUT2D eigenvalue weighted by Gasteiger charge is 2.36. The standard InChI is InChI=1S/C33H40F2N4O3/c1-38-17-22-19-39(20-23(22)18-38)26-7-8-27-28(14-26)29-15-32(27)42-9-5-3-2-4-6-33(41)37-30(31(40)16-36-29)12-21-10-24(34)13-25(35)11-21/h3,5,7-8,10-11,13-14,17,23,29-32,36,40H,2,4,6,9,12,15-16,18-20H2,1H3,(H,37,41)/t23?,29-,30-,31+,32+/m0/s1. The van der Waals surface area contributed by atoms with E-state index < -0.39 is 23.8 Å². The summed E-state index contributed by atoms with van der Waals surface area (Å²) in [7, 11) is 2.13. The summed E-state index contributed by atoms with van der Waals surface area (Å²) >= 11 is 0. The van der Waals surface area contributed by atoms with Crippen LogP contribution in [-0.4, -0.2) is 67.9 Å². The first-order chi connectivity index (χ1) is 20.3. The number of fused-ring (bicyclic) bond motifs is 6. The number of aliphatic hydroxyl groups is 1. The van der Waals surface area contributed by atoms with Crippen LogP contribution >= 0.6 is 0 Å². The Bertz CT molecular complexity index is 1340. The van der Waals surface area contributed by atoms with Gasteiger partial charge in [-0.05, 0) is 72.2 Å². The lowest BCUT2D eigenvalue weighted by molar-refractivity contribution is -0.122. The molecule has 224 valence electrons. The molecule has 1 saturated heterocycles. The molecule has 3 aliphatic heterocycles. The average Bonchev–Trinajstić information content (AvgIpc) is 3.60. The van der Waals surface area contributed by atoms with E-state index >= 15 is 0 Å². The van der Waals surface area contributed by atoms with Crippen molar-refractivity contribution in [3.8, 4) is 0 Å². The fourth-order valence-corrected chi connectivity index (χ4v) is 6.86. The molecule has 1 fully saturated rings. The maximum absolute atomic E-state index is 13.9. The van der Waals surface area contributed by atoms with Gasteiger partial charge >= 0.3 is 0 Å². The molecule has 1 unspecified atom stereocenters. The summed E-state index contributed by atoms with van der Waals surface area (Å²) in [5, 5.41) is 17.7. The zero-order valence-electron chi connectivity index (χ0n) is 24.1. The van der Waals surface area contributed by atoms with Crippen LogP contribution in [0.4, 0.5) is 14.5 Å². The Morgan fingerprint density at radius 1 is 1.07 bits per heavy atom. The minimum Gasteiger partial charge on any atom is -0.390 e. The van der Waals surface area contributed by atoms with Gasteiger partial charge in [0.25, 0.3) is 0 Å². The molecule has 3 N–H and O–H groups in total. The normalized spacial score (nSPS) is 28.4. The number of β-amino-alcohol motifs (C(OH)–C–C–N with tert-alkyl or cyclic N) is 1. The fourth-order valence-electron chi connectivity index (χ4n) is 6.86. The number of allylic oxidation sites excluding steroid dienone is 1. The van der Waals surface area contributed by atoms with Crippen molar-refractivity contribution in [2.45, 2.75) is 56.4 Å². The summed E-state index contributed by atoms with van der Waals surface area (Å²) in [5.74, 6) is -0.992. The fraction of sp³-hybridized carbons (Fsp3) is 0.485. The number of anilines is 1. The van der Waals surface area contributed by atoms with Gasteiger partial charge in [-0.25, -0.2) is 8.78 Å². The van der Waals surface area contributed by atoms with Crippen molar-refractivity contribution in [2.75, 3.05) is 44.7 Å². The molecule has 0 spiro atoms. The van der Waals surface area contributed by atoms with Crippen molar-refractivity contribution in [1.82, 2.24) is 15.5 Å². The van der Waals surface area contributed by atoms with Crippen molar-refractivity contribution < 1.29 is 23.4 Å². The van der Waals surface area contributed by atoms with Crippen LogP contribution in [0.5, 0.6) is 0 Å². The molecule has 4 aliphatic rings. The molecule has 7 nitrogen and oxygen atoms in total. The molecule has 2 aromatic carbocycles. The Balaban J connectivity index is 1.23. The summed E-state index contributed by atoms with van der Waals surface area (Å²) < 4.78 is 34.1. The maximum atomic E-state index is 13.9. The van der Waals surface area contributed by atoms with E-state index in [0.29, 0.717) is 30.9 Å². The van der Waals surface area contributed by atoms with Gasteiger partial charge in [0, 0.05) is 69.6 Å². The Labute approximate surface area is 246 Å². The molecule has 0 radical (unpaired) electrons. The molecule has 2 bridgehead atoms. The van der Waals surface area contributed by atoms with E-state index in [0.717, 1.165) is 49.7 Å². The lowest BCUT2D eigenvalue weighted by Gasteiger charge is -2.27. The van der Waals surface area contributed by atoms with E-state index in [9.17, 15) is 18.7 Å². The van der Waals surface area contributed by atoms with Crippen LogP contribution in [0.15, 0.2) is 60.3 Å². The van der Waals surface area contributed by atoms with Crippen LogP contribution in [0.2, 0.25) is 0 Å². The first-order valence-electron chi connectivity index (χ1n) is 15.0. The number of hydrogen-bond acceptors (Lipinski definition) is 6. The highest BCUT2D eigenvalue weighted by Crippen LogP contribution is 2.43. The molecule has 0 aromatic heterocycles. The summed E-state index contributed by atoms with van der Waals surface area (Å²) in [4.78, 5) is 17.5. The van der Waals surface area contributed by atoms with Crippen LogP contribution in [0, 0.1) is 17.6 Å².